The highest BCUT2D eigenvalue weighted by Gasteiger charge is 2.47. The first kappa shape index (κ1) is 33.9. The van der Waals surface area contributed by atoms with E-state index in [0.717, 1.165) is 67.7 Å². The highest BCUT2D eigenvalue weighted by atomic mass is 32.2. The van der Waals surface area contributed by atoms with E-state index in [1.54, 1.807) is 0 Å². The topological polar surface area (TPSA) is 101 Å². The largest absolute Gasteiger partial charge is 0.391 e. The Morgan fingerprint density at radius 3 is 2.27 bits per heavy atom. The number of thioether (sulfide) groups is 1. The van der Waals surface area contributed by atoms with Gasteiger partial charge in [-0.15, -0.1) is 0 Å². The van der Waals surface area contributed by atoms with Gasteiger partial charge in [-0.2, -0.15) is 0 Å². The lowest BCUT2D eigenvalue weighted by Gasteiger charge is -2.45. The lowest BCUT2D eigenvalue weighted by atomic mass is 9.73. The molecule has 4 fully saturated rings. The van der Waals surface area contributed by atoms with Crippen LogP contribution in [-0.2, 0) is 11.3 Å². The predicted octanol–water partition coefficient (Wildman–Crippen LogP) is 4.41. The molecule has 10 heteroatoms. The monoisotopic (exact) mass is 646 g/mol. The van der Waals surface area contributed by atoms with Gasteiger partial charge in [-0.25, -0.2) is 0 Å². The fourth-order valence-electron chi connectivity index (χ4n) is 7.70. The van der Waals surface area contributed by atoms with E-state index in [4.69, 9.17) is 17.0 Å². The number of hydrogen-bond donors (Lipinski definition) is 4. The molecule has 6 rings (SSSR count). The lowest BCUT2D eigenvalue weighted by Crippen LogP contribution is -2.60. The summed E-state index contributed by atoms with van der Waals surface area (Å²) in [5.41, 5.74) is 1.16. The van der Waals surface area contributed by atoms with Crippen LogP contribution < -0.4 is 5.32 Å². The number of nitrogens with zero attached hydrogens (tertiary/aromatic N) is 3. The Labute approximate surface area is 274 Å². The lowest BCUT2D eigenvalue weighted by molar-refractivity contribution is -0.0956. The van der Waals surface area contributed by atoms with E-state index in [1.807, 2.05) is 30.0 Å². The molecular weight excluding hydrogens is 593 g/mol. The van der Waals surface area contributed by atoms with Crippen LogP contribution in [0.25, 0.3) is 0 Å². The molecule has 4 N–H and O–H groups in total. The van der Waals surface area contributed by atoms with Gasteiger partial charge in [0.25, 0.3) is 0 Å². The summed E-state index contributed by atoms with van der Waals surface area (Å²) in [7, 11) is 0. The summed E-state index contributed by atoms with van der Waals surface area (Å²) < 4.78 is 6.36. The second kappa shape index (κ2) is 15.9. The number of aliphatic imine (C=N–C) groups is 1. The molecule has 5 aliphatic rings. The van der Waals surface area contributed by atoms with E-state index >= 15 is 0 Å². The van der Waals surface area contributed by atoms with E-state index in [2.05, 4.69) is 53.0 Å². The van der Waals surface area contributed by atoms with Gasteiger partial charge in [0.15, 0.2) is 10.3 Å². The summed E-state index contributed by atoms with van der Waals surface area (Å²) in [5, 5.41) is 36.8. The van der Waals surface area contributed by atoms with Gasteiger partial charge in [-0.3, -0.25) is 4.99 Å². The average molecular weight is 647 g/mol. The van der Waals surface area contributed by atoms with Gasteiger partial charge in [0.2, 0.25) is 0 Å². The minimum absolute atomic E-state index is 0.0514. The number of hydrogen-bond acceptors (Lipinski definition) is 8. The Morgan fingerprint density at radius 1 is 0.955 bits per heavy atom. The molecule has 2 saturated carbocycles. The second-order valence-corrected chi connectivity index (χ2v) is 15.0. The molecule has 0 spiro atoms. The number of benzene rings is 1. The molecule has 3 aliphatic heterocycles. The van der Waals surface area contributed by atoms with Crippen LogP contribution >= 0.6 is 24.0 Å². The van der Waals surface area contributed by atoms with Crippen LogP contribution in [0.2, 0.25) is 0 Å². The van der Waals surface area contributed by atoms with E-state index < -0.39 is 18.3 Å². The van der Waals surface area contributed by atoms with Crippen molar-refractivity contribution in [3.05, 3.63) is 35.9 Å². The van der Waals surface area contributed by atoms with E-state index in [0.29, 0.717) is 23.7 Å². The maximum absolute atomic E-state index is 10.8. The number of thiocarbonyl (C=S) groups is 1. The Bertz CT molecular complexity index is 1080. The van der Waals surface area contributed by atoms with E-state index in [-0.39, 0.29) is 24.1 Å². The first-order valence-corrected chi connectivity index (χ1v) is 18.3. The zero-order valence-electron chi connectivity index (χ0n) is 26.8. The number of fused-ring (bicyclic) bond motifs is 1. The predicted molar refractivity (Wildman–Crippen MR) is 183 cm³/mol. The third kappa shape index (κ3) is 7.92. The third-order valence-electron chi connectivity index (χ3n) is 10.6. The molecule has 2 aliphatic carbocycles. The molecule has 0 unspecified atom stereocenters. The van der Waals surface area contributed by atoms with Crippen LogP contribution in [0, 0.1) is 17.8 Å². The van der Waals surface area contributed by atoms with Gasteiger partial charge >= 0.3 is 0 Å². The number of likely N-dealkylation sites (tertiary alicyclic amines) is 2. The maximum Gasteiger partial charge on any atom is 0.169 e. The number of rotatable bonds is 6. The Kier molecular flexibility index (Phi) is 12.3. The van der Waals surface area contributed by atoms with Crippen molar-refractivity contribution in [2.45, 2.75) is 120 Å². The van der Waals surface area contributed by atoms with Gasteiger partial charge < -0.3 is 35.2 Å². The van der Waals surface area contributed by atoms with Crippen molar-refractivity contribution in [3.8, 4) is 0 Å². The highest BCUT2D eigenvalue weighted by Crippen LogP contribution is 2.42. The van der Waals surface area contributed by atoms with Crippen LogP contribution in [-0.4, -0.2) is 103 Å². The minimum Gasteiger partial charge on any atom is -0.391 e. The summed E-state index contributed by atoms with van der Waals surface area (Å²) in [4.78, 5) is 9.24. The zero-order valence-corrected chi connectivity index (χ0v) is 28.4. The first-order valence-electron chi connectivity index (χ1n) is 17.0. The molecule has 3 heterocycles. The van der Waals surface area contributed by atoms with Gasteiger partial charge in [0.05, 0.1) is 37.0 Å². The van der Waals surface area contributed by atoms with Crippen molar-refractivity contribution in [1.29, 1.82) is 0 Å². The summed E-state index contributed by atoms with van der Waals surface area (Å²) in [6.45, 7) is 11.3. The molecule has 1 aromatic carbocycles. The number of aliphatic hydroxyl groups is 3. The first-order chi connectivity index (χ1) is 21.3. The molecule has 8 nitrogen and oxygen atoms in total. The molecule has 10 atom stereocenters. The summed E-state index contributed by atoms with van der Waals surface area (Å²) in [6.07, 6.45) is 6.90. The number of amidine groups is 1. The van der Waals surface area contributed by atoms with Gasteiger partial charge in [0, 0.05) is 31.4 Å². The SMILES string of the molecule is CC[C@H]1C[C@@H](O)[C@H](NC(=S)N2CCCC2)[C@@H](OCc2ccccc2)[C@@H]1C.CC[C@H]1C[C@@H]2SC(N3CCCC3)=N[C@@H]2[C@@H](O)[C@@H]1O. The zero-order chi connectivity index (χ0) is 31.2. The molecule has 1 aromatic rings. The Hall–Kier alpha value is -1.43. The van der Waals surface area contributed by atoms with Gasteiger partial charge in [-0.05, 0) is 74.1 Å². The van der Waals surface area contributed by atoms with Gasteiger partial charge in [0.1, 0.15) is 6.10 Å². The minimum atomic E-state index is -0.679. The number of nitrogens with one attached hydrogen (secondary N) is 1. The molecule has 0 amide bonds. The summed E-state index contributed by atoms with van der Waals surface area (Å²) in [6, 6.07) is 10.0. The molecule has 2 saturated heterocycles. The normalized spacial score (nSPS) is 36.8. The quantitative estimate of drug-likeness (QED) is 0.335. The van der Waals surface area contributed by atoms with Crippen molar-refractivity contribution in [2.75, 3.05) is 26.2 Å². The molecular formula is C34H54N4O4S2. The van der Waals surface area contributed by atoms with E-state index in [1.165, 1.54) is 25.7 Å². The van der Waals surface area contributed by atoms with Crippen LogP contribution in [0.5, 0.6) is 0 Å². The fraction of sp³-hybridized carbons (Fsp3) is 0.765. The van der Waals surface area contributed by atoms with Crippen LogP contribution in [0.1, 0.15) is 77.7 Å². The third-order valence-corrected chi connectivity index (χ3v) is 12.3. The van der Waals surface area contributed by atoms with Crippen LogP contribution in [0.15, 0.2) is 35.3 Å². The number of aliphatic hydroxyl groups excluding tert-OH is 3. The molecule has 0 bridgehead atoms. The summed E-state index contributed by atoms with van der Waals surface area (Å²) >= 11 is 7.44. The maximum atomic E-state index is 10.8. The van der Waals surface area contributed by atoms with E-state index in [9.17, 15) is 15.3 Å². The number of ether oxygens (including phenoxy) is 1. The summed E-state index contributed by atoms with van der Waals surface area (Å²) in [5.74, 6) is 1.08. The molecule has 246 valence electrons. The molecule has 0 aromatic heterocycles. The highest BCUT2D eigenvalue weighted by molar-refractivity contribution is 8.14. The van der Waals surface area contributed by atoms with Crippen molar-refractivity contribution in [1.82, 2.24) is 15.1 Å². The van der Waals surface area contributed by atoms with Crippen molar-refractivity contribution in [2.24, 2.45) is 22.7 Å². The van der Waals surface area contributed by atoms with Gasteiger partial charge in [-0.1, -0.05) is 75.7 Å². The van der Waals surface area contributed by atoms with Crippen LogP contribution in [0.3, 0.4) is 0 Å². The van der Waals surface area contributed by atoms with Crippen LogP contribution in [0.4, 0.5) is 0 Å². The van der Waals surface area contributed by atoms with Crippen molar-refractivity contribution < 1.29 is 20.1 Å². The van der Waals surface area contributed by atoms with Crippen molar-refractivity contribution >= 4 is 34.3 Å². The average Bonchev–Trinajstić information content (AvgIpc) is 3.83. The smallest absolute Gasteiger partial charge is 0.169 e. The molecule has 44 heavy (non-hydrogen) atoms. The Morgan fingerprint density at radius 2 is 1.61 bits per heavy atom. The molecule has 0 radical (unpaired) electrons. The second-order valence-electron chi connectivity index (χ2n) is 13.4. The standard InChI is InChI=1S/C21H32N2O2S.C13H22N2O2S/c1-3-17-13-18(24)19(22-21(26)23-11-7-8-12-23)20(15(17)2)25-14-16-9-5-4-6-10-16;1-2-8-7-9-10(12(17)11(8)16)14-13(18-9)15-5-3-4-6-15/h4-6,9-10,15,17-20,24H,3,7-8,11-14H2,1-2H3,(H,22,26);8-12,16-17H,2-7H2,1H3/t15-,17+,18-,19+,20+;8-,9-,10-,11+,12+/m10/s1. The fourth-order valence-corrected chi connectivity index (χ4v) is 9.51. The van der Waals surface area contributed by atoms with Crippen molar-refractivity contribution in [3.63, 3.8) is 0 Å². The Balaban J connectivity index is 0.000000186.